The Morgan fingerprint density at radius 3 is 2.69 bits per heavy atom. The molecule has 0 spiro atoms. The average molecular weight is 215 g/mol. The number of hydrogen-bond acceptors (Lipinski definition) is 2. The van der Waals surface area contributed by atoms with Crippen LogP contribution in [0.4, 0.5) is 0 Å². The summed E-state index contributed by atoms with van der Waals surface area (Å²) < 4.78 is 5.72. The van der Waals surface area contributed by atoms with Gasteiger partial charge in [0.05, 0.1) is 6.04 Å². The lowest BCUT2D eigenvalue weighted by Gasteiger charge is -2.19. The van der Waals surface area contributed by atoms with Crippen LogP contribution in [0.5, 0.6) is 5.75 Å². The molecule has 0 fully saturated rings. The molecule has 0 saturated carbocycles. The van der Waals surface area contributed by atoms with Gasteiger partial charge in [-0.2, -0.15) is 0 Å². The number of hydrogen-bond donors (Lipinski definition) is 0. The molecule has 0 saturated heterocycles. The van der Waals surface area contributed by atoms with Crippen LogP contribution in [0, 0.1) is 12.8 Å². The number of allylic oxidation sites excluding steroid dienone is 1. The van der Waals surface area contributed by atoms with E-state index in [9.17, 15) is 0 Å². The van der Waals surface area contributed by atoms with Gasteiger partial charge in [0.1, 0.15) is 12.4 Å². The second kappa shape index (κ2) is 4.97. The first-order chi connectivity index (χ1) is 7.75. The van der Waals surface area contributed by atoms with E-state index in [-0.39, 0.29) is 6.04 Å². The summed E-state index contributed by atoms with van der Waals surface area (Å²) in [7, 11) is 0. The first kappa shape index (κ1) is 10.9. The average Bonchev–Trinajstić information content (AvgIpc) is 2.30. The lowest BCUT2D eigenvalue weighted by molar-refractivity contribution is 0.268. The molecule has 0 amide bonds. The highest BCUT2D eigenvalue weighted by atomic mass is 16.5. The Labute approximate surface area is 96.7 Å². The van der Waals surface area contributed by atoms with E-state index in [0.29, 0.717) is 12.5 Å². The van der Waals surface area contributed by atoms with Gasteiger partial charge in [-0.05, 0) is 25.1 Å². The molecule has 0 aliphatic carbocycles. The van der Waals surface area contributed by atoms with Crippen molar-refractivity contribution in [3.8, 4) is 5.75 Å². The van der Waals surface area contributed by atoms with Crippen LogP contribution in [-0.2, 0) is 0 Å². The molecule has 0 radical (unpaired) electrons. The SMILES string of the molecule is Cc1ccc(OC[C@H]2N=CC=CC2C)cc1. The number of aliphatic imine (C=N–C) groups is 1. The monoisotopic (exact) mass is 215 g/mol. The summed E-state index contributed by atoms with van der Waals surface area (Å²) in [6.45, 7) is 4.88. The number of benzene rings is 1. The first-order valence-corrected chi connectivity index (χ1v) is 5.65. The van der Waals surface area contributed by atoms with E-state index in [4.69, 9.17) is 4.74 Å². The minimum atomic E-state index is 0.242. The van der Waals surface area contributed by atoms with Crippen molar-refractivity contribution < 1.29 is 4.74 Å². The number of aryl methyl sites for hydroxylation is 1. The molecule has 16 heavy (non-hydrogen) atoms. The van der Waals surface area contributed by atoms with Crippen LogP contribution in [0.25, 0.3) is 0 Å². The van der Waals surface area contributed by atoms with E-state index in [1.807, 2.05) is 24.4 Å². The summed E-state index contributed by atoms with van der Waals surface area (Å²) in [6.07, 6.45) is 6.01. The fourth-order valence-electron chi connectivity index (χ4n) is 1.66. The van der Waals surface area contributed by atoms with Gasteiger partial charge in [0.15, 0.2) is 0 Å². The Bertz CT molecular complexity index is 392. The predicted molar refractivity (Wildman–Crippen MR) is 67.3 cm³/mol. The van der Waals surface area contributed by atoms with Crippen molar-refractivity contribution >= 4 is 6.21 Å². The molecule has 0 bridgehead atoms. The van der Waals surface area contributed by atoms with Crippen LogP contribution >= 0.6 is 0 Å². The van der Waals surface area contributed by atoms with Crippen molar-refractivity contribution in [3.05, 3.63) is 42.0 Å². The third-order valence-electron chi connectivity index (χ3n) is 2.83. The summed E-state index contributed by atoms with van der Waals surface area (Å²) in [5, 5.41) is 0. The van der Waals surface area contributed by atoms with E-state index in [1.165, 1.54) is 5.56 Å². The van der Waals surface area contributed by atoms with Gasteiger partial charge >= 0.3 is 0 Å². The summed E-state index contributed by atoms with van der Waals surface area (Å²) in [5.74, 6) is 1.37. The Morgan fingerprint density at radius 2 is 2.00 bits per heavy atom. The number of rotatable bonds is 3. The molecular formula is C14H17NO. The molecule has 1 aliphatic rings. The van der Waals surface area contributed by atoms with E-state index >= 15 is 0 Å². The largest absolute Gasteiger partial charge is 0.491 e. The van der Waals surface area contributed by atoms with Gasteiger partial charge in [-0.3, -0.25) is 4.99 Å². The Morgan fingerprint density at radius 1 is 1.25 bits per heavy atom. The number of nitrogens with zero attached hydrogens (tertiary/aromatic N) is 1. The van der Waals surface area contributed by atoms with E-state index in [2.05, 4.69) is 37.0 Å². The minimum absolute atomic E-state index is 0.242. The number of ether oxygens (including phenoxy) is 1. The molecule has 1 heterocycles. The molecular weight excluding hydrogens is 198 g/mol. The second-order valence-electron chi connectivity index (χ2n) is 4.23. The maximum Gasteiger partial charge on any atom is 0.119 e. The van der Waals surface area contributed by atoms with Gasteiger partial charge in [-0.25, -0.2) is 0 Å². The van der Waals surface area contributed by atoms with Gasteiger partial charge in [-0.15, -0.1) is 0 Å². The lowest BCUT2D eigenvalue weighted by atomic mass is 10.0. The van der Waals surface area contributed by atoms with Crippen molar-refractivity contribution in [3.63, 3.8) is 0 Å². The fraction of sp³-hybridized carbons (Fsp3) is 0.357. The van der Waals surface area contributed by atoms with Crippen LogP contribution in [0.2, 0.25) is 0 Å². The highest BCUT2D eigenvalue weighted by Crippen LogP contribution is 2.16. The second-order valence-corrected chi connectivity index (χ2v) is 4.23. The zero-order valence-electron chi connectivity index (χ0n) is 9.76. The van der Waals surface area contributed by atoms with E-state index in [0.717, 1.165) is 5.75 Å². The summed E-state index contributed by atoms with van der Waals surface area (Å²) in [5.41, 5.74) is 1.25. The summed E-state index contributed by atoms with van der Waals surface area (Å²) in [6, 6.07) is 8.36. The normalized spacial score (nSPS) is 23.4. The topological polar surface area (TPSA) is 21.6 Å². The van der Waals surface area contributed by atoms with Gasteiger partial charge < -0.3 is 4.74 Å². The first-order valence-electron chi connectivity index (χ1n) is 5.65. The van der Waals surface area contributed by atoms with Crippen LogP contribution in [0.1, 0.15) is 12.5 Å². The lowest BCUT2D eigenvalue weighted by Crippen LogP contribution is -2.24. The molecule has 2 rings (SSSR count). The zero-order chi connectivity index (χ0) is 11.4. The van der Waals surface area contributed by atoms with Gasteiger partial charge in [0.2, 0.25) is 0 Å². The van der Waals surface area contributed by atoms with Gasteiger partial charge in [0, 0.05) is 12.1 Å². The quantitative estimate of drug-likeness (QED) is 0.759. The minimum Gasteiger partial charge on any atom is -0.491 e. The molecule has 2 nitrogen and oxygen atoms in total. The molecule has 2 atom stereocenters. The molecule has 1 aromatic rings. The van der Waals surface area contributed by atoms with Crippen LogP contribution in [0.15, 0.2) is 41.4 Å². The van der Waals surface area contributed by atoms with Crippen molar-refractivity contribution in [2.75, 3.05) is 6.61 Å². The fourth-order valence-corrected chi connectivity index (χ4v) is 1.66. The molecule has 84 valence electrons. The third kappa shape index (κ3) is 2.72. The smallest absolute Gasteiger partial charge is 0.119 e. The van der Waals surface area contributed by atoms with Crippen LogP contribution < -0.4 is 4.74 Å². The highest BCUT2D eigenvalue weighted by Gasteiger charge is 2.15. The zero-order valence-corrected chi connectivity index (χ0v) is 9.76. The van der Waals surface area contributed by atoms with Gasteiger partial charge in [0.25, 0.3) is 0 Å². The van der Waals surface area contributed by atoms with Crippen LogP contribution in [0.3, 0.4) is 0 Å². The van der Waals surface area contributed by atoms with Crippen molar-refractivity contribution in [2.45, 2.75) is 19.9 Å². The van der Waals surface area contributed by atoms with E-state index < -0.39 is 0 Å². The Kier molecular flexibility index (Phi) is 3.40. The Balaban J connectivity index is 1.90. The third-order valence-corrected chi connectivity index (χ3v) is 2.83. The highest BCUT2D eigenvalue weighted by molar-refractivity contribution is 5.72. The molecule has 1 aliphatic heterocycles. The van der Waals surface area contributed by atoms with Crippen molar-refractivity contribution in [1.82, 2.24) is 0 Å². The summed E-state index contributed by atoms with van der Waals surface area (Å²) in [4.78, 5) is 4.41. The van der Waals surface area contributed by atoms with Gasteiger partial charge in [-0.1, -0.05) is 30.7 Å². The molecule has 0 N–H and O–H groups in total. The molecule has 0 aromatic heterocycles. The number of dihydropyridines is 1. The van der Waals surface area contributed by atoms with Crippen LogP contribution in [-0.4, -0.2) is 18.9 Å². The predicted octanol–water partition coefficient (Wildman–Crippen LogP) is 3.02. The maximum absolute atomic E-state index is 5.72. The van der Waals surface area contributed by atoms with Crippen molar-refractivity contribution in [2.24, 2.45) is 10.9 Å². The summed E-state index contributed by atoms with van der Waals surface area (Å²) >= 11 is 0. The maximum atomic E-state index is 5.72. The molecule has 2 heteroatoms. The molecule has 1 aromatic carbocycles. The van der Waals surface area contributed by atoms with Crippen molar-refractivity contribution in [1.29, 1.82) is 0 Å². The standard InChI is InChI=1S/C14H17NO/c1-11-5-7-13(8-6-11)16-10-14-12(2)4-3-9-15-14/h3-9,12,14H,10H2,1-2H3/t12?,14-/m1/s1. The van der Waals surface area contributed by atoms with E-state index in [1.54, 1.807) is 0 Å². The molecule has 1 unspecified atom stereocenters. The Hall–Kier alpha value is -1.57.